The summed E-state index contributed by atoms with van der Waals surface area (Å²) in [6, 6.07) is 1.41. The zero-order chi connectivity index (χ0) is 10.8. The zero-order valence-corrected chi connectivity index (χ0v) is 6.72. The summed E-state index contributed by atoms with van der Waals surface area (Å²) < 4.78 is 28.8. The minimum atomic E-state index is -2.24. The van der Waals surface area contributed by atoms with Crippen molar-refractivity contribution in [2.24, 2.45) is 0 Å². The maximum atomic E-state index is 7.53. The lowest BCUT2D eigenvalue weighted by Gasteiger charge is -1.91. The fourth-order valence-corrected chi connectivity index (χ4v) is 0.809. The van der Waals surface area contributed by atoms with Crippen LogP contribution < -0.4 is 0 Å². The summed E-state index contributed by atoms with van der Waals surface area (Å²) in [4.78, 5) is 5.37. The van der Waals surface area contributed by atoms with Crippen LogP contribution in [0.1, 0.15) is 16.7 Å². The molecule has 0 bridgehead atoms. The van der Waals surface area contributed by atoms with Gasteiger partial charge in [0.1, 0.15) is 0 Å². The molecule has 0 aliphatic rings. The summed E-state index contributed by atoms with van der Waals surface area (Å²) in [6.45, 7) is -2.24. The van der Waals surface area contributed by atoms with Gasteiger partial charge in [0.2, 0.25) is 0 Å². The van der Waals surface area contributed by atoms with Crippen LogP contribution in [0, 0.1) is 6.85 Å². The van der Waals surface area contributed by atoms with E-state index in [2.05, 4.69) is 20.9 Å². The maximum absolute atomic E-state index is 7.53. The third kappa shape index (κ3) is 1.95. The third-order valence-corrected chi connectivity index (χ3v) is 1.23. The number of hydrogen-bond donors (Lipinski definition) is 0. The molecule has 10 heavy (non-hydrogen) atoms. The van der Waals surface area contributed by atoms with Crippen molar-refractivity contribution >= 4 is 22.0 Å². The molecule has 0 saturated carbocycles. The Morgan fingerprint density at radius 2 is 2.80 bits per heavy atom. The van der Waals surface area contributed by atoms with Crippen molar-refractivity contribution in [1.82, 2.24) is 4.98 Å². The minimum Gasteiger partial charge on any atom is -0.261 e. The first kappa shape index (κ1) is 3.67. The topological polar surface area (TPSA) is 12.9 Å². The second kappa shape index (κ2) is 3.52. The Kier molecular flexibility index (Phi) is 1.29. The molecule has 1 aromatic heterocycles. The van der Waals surface area contributed by atoms with E-state index >= 15 is 0 Å². The van der Waals surface area contributed by atoms with E-state index in [1.54, 1.807) is 11.1 Å². The van der Waals surface area contributed by atoms with Crippen LogP contribution in [0.5, 0.6) is 0 Å². The van der Waals surface area contributed by atoms with Gasteiger partial charge in [-0.2, -0.15) is 0 Å². The van der Waals surface area contributed by atoms with Crippen LogP contribution in [0.15, 0.2) is 23.3 Å². The molecule has 2 heteroatoms. The quantitative estimate of drug-likeness (QED) is 0.682. The van der Waals surface area contributed by atoms with Crippen LogP contribution in [0.3, 0.4) is 0 Å². The Hall–Kier alpha value is -0.630. The van der Waals surface area contributed by atoms with Crippen molar-refractivity contribution in [3.8, 4) is 0 Å². The molecule has 0 aromatic carbocycles. The number of aromatic nitrogens is 1. The van der Waals surface area contributed by atoms with E-state index in [0.717, 1.165) is 0 Å². The minimum absolute atomic E-state index is 0.0470. The Bertz CT molecular complexity index is 359. The normalized spacial score (nSPS) is 17.7. The lowest BCUT2D eigenvalue weighted by molar-refractivity contribution is 1.19. The van der Waals surface area contributed by atoms with Gasteiger partial charge in [-0.25, -0.2) is 0 Å². The lowest BCUT2D eigenvalue weighted by Crippen LogP contribution is -1.79. The smallest absolute Gasteiger partial charge is 0.0630 e. The molecule has 0 atom stereocenters. The molecule has 1 aromatic rings. The molecule has 0 N–H and O–H groups in total. The molecule has 1 nitrogen and oxygen atoms in total. The largest absolute Gasteiger partial charge is 0.261 e. The average molecular weight is 202 g/mol. The van der Waals surface area contributed by atoms with Crippen LogP contribution in [0.2, 0.25) is 0 Å². The van der Waals surface area contributed by atoms with Gasteiger partial charge in [0, 0.05) is 16.0 Å². The Morgan fingerprint density at radius 1 is 1.90 bits per heavy atom. The molecular weight excluding hydrogens is 190 g/mol. The van der Waals surface area contributed by atoms with E-state index in [1.165, 1.54) is 12.3 Å². The number of aryl methyl sites for hydroxylation is 1. The van der Waals surface area contributed by atoms with E-state index in [9.17, 15) is 0 Å². The Balaban J connectivity index is 3.13. The van der Waals surface area contributed by atoms with E-state index < -0.39 is 6.85 Å². The molecule has 0 aliphatic carbocycles. The summed E-state index contributed by atoms with van der Waals surface area (Å²) in [5, 5.41) is 0. The highest BCUT2D eigenvalue weighted by atomic mass is 79.9. The predicted molar refractivity (Wildman–Crippen MR) is 46.9 cm³/mol. The van der Waals surface area contributed by atoms with Crippen LogP contribution >= 0.6 is 15.9 Å². The standard InChI is InChI=1S/C8H8BrN/c1-7-2-3-8(4-5-9)6-10-7/h2-6H,1H3/i1D3,3D. The van der Waals surface area contributed by atoms with Gasteiger partial charge in [-0.3, -0.25) is 4.98 Å². The fourth-order valence-electron chi connectivity index (χ4n) is 0.524. The average Bonchev–Trinajstić information content (AvgIpc) is 2.07. The van der Waals surface area contributed by atoms with Crippen molar-refractivity contribution in [1.29, 1.82) is 0 Å². The highest BCUT2D eigenvalue weighted by molar-refractivity contribution is 9.11. The van der Waals surface area contributed by atoms with Crippen LogP contribution in [0.4, 0.5) is 0 Å². The van der Waals surface area contributed by atoms with Gasteiger partial charge in [0.05, 0.1) is 1.37 Å². The molecule has 52 valence electrons. The molecule has 0 saturated heterocycles. The molecule has 0 fully saturated rings. The van der Waals surface area contributed by atoms with E-state index in [-0.39, 0.29) is 11.7 Å². The maximum Gasteiger partial charge on any atom is 0.0630 e. The first-order chi connectivity index (χ1) is 6.45. The Labute approximate surface area is 74.5 Å². The Morgan fingerprint density at radius 3 is 3.40 bits per heavy atom. The number of rotatable bonds is 1. The molecule has 1 heterocycles. The number of halogens is 1. The van der Waals surface area contributed by atoms with Gasteiger partial charge in [0.25, 0.3) is 0 Å². The summed E-state index contributed by atoms with van der Waals surface area (Å²) >= 11 is 3.08. The van der Waals surface area contributed by atoms with Crippen molar-refractivity contribution in [2.45, 2.75) is 6.85 Å². The first-order valence-electron chi connectivity index (χ1n) is 4.69. The van der Waals surface area contributed by atoms with E-state index in [0.29, 0.717) is 5.56 Å². The molecule has 0 radical (unpaired) electrons. The molecule has 1 rings (SSSR count). The molecule has 0 aliphatic heterocycles. The van der Waals surface area contributed by atoms with Gasteiger partial charge in [-0.15, -0.1) is 0 Å². The fraction of sp³-hybridized carbons (Fsp3) is 0.125. The third-order valence-electron chi connectivity index (χ3n) is 0.961. The van der Waals surface area contributed by atoms with E-state index in [4.69, 9.17) is 5.48 Å². The second-order valence-electron chi connectivity index (χ2n) is 1.68. The van der Waals surface area contributed by atoms with Gasteiger partial charge >= 0.3 is 0 Å². The SMILES string of the molecule is [2H]c1cc(C([2H])([2H])[2H])ncc1C=CBr. The van der Waals surface area contributed by atoms with Gasteiger partial charge in [-0.1, -0.05) is 22.0 Å². The zero-order valence-electron chi connectivity index (χ0n) is 9.13. The summed E-state index contributed by atoms with van der Waals surface area (Å²) in [6.07, 6.45) is 3.01. The number of nitrogens with zero attached hydrogens (tertiary/aromatic N) is 1. The molecular formula is C8H8BrN. The van der Waals surface area contributed by atoms with Crippen LogP contribution in [-0.4, -0.2) is 4.98 Å². The van der Waals surface area contributed by atoms with Crippen LogP contribution in [-0.2, 0) is 0 Å². The van der Waals surface area contributed by atoms with Gasteiger partial charge in [0.15, 0.2) is 0 Å². The second-order valence-corrected chi connectivity index (χ2v) is 2.21. The molecule has 0 unspecified atom stereocenters. The summed E-state index contributed by atoms with van der Waals surface area (Å²) in [7, 11) is 0. The highest BCUT2D eigenvalue weighted by Crippen LogP contribution is 2.02. The molecule has 0 spiro atoms. The van der Waals surface area contributed by atoms with E-state index in [1.807, 2.05) is 0 Å². The molecule has 0 amide bonds. The van der Waals surface area contributed by atoms with Crippen molar-refractivity contribution in [3.05, 3.63) is 34.5 Å². The predicted octanol–water partition coefficient (Wildman–Crippen LogP) is 2.76. The van der Waals surface area contributed by atoms with Crippen molar-refractivity contribution < 1.29 is 5.48 Å². The van der Waals surface area contributed by atoms with Crippen molar-refractivity contribution in [2.75, 3.05) is 0 Å². The number of pyridine rings is 1. The lowest BCUT2D eigenvalue weighted by atomic mass is 10.2. The highest BCUT2D eigenvalue weighted by Gasteiger charge is 1.84. The summed E-state index contributed by atoms with van der Waals surface area (Å²) in [5.41, 5.74) is 0.532. The van der Waals surface area contributed by atoms with Crippen molar-refractivity contribution in [3.63, 3.8) is 0 Å². The number of hydrogen-bond acceptors (Lipinski definition) is 1. The van der Waals surface area contributed by atoms with Crippen LogP contribution in [0.25, 0.3) is 6.08 Å². The summed E-state index contributed by atoms with van der Waals surface area (Å²) in [5.74, 6) is 0. The first-order valence-corrected chi connectivity index (χ1v) is 3.60. The van der Waals surface area contributed by atoms with Gasteiger partial charge < -0.3 is 0 Å². The monoisotopic (exact) mass is 201 g/mol. The van der Waals surface area contributed by atoms with Gasteiger partial charge in [-0.05, 0) is 29.5 Å².